The Morgan fingerprint density at radius 2 is 2.21 bits per heavy atom. The summed E-state index contributed by atoms with van der Waals surface area (Å²) in [7, 11) is 0. The molecule has 0 aliphatic carbocycles. The van der Waals surface area contributed by atoms with E-state index in [0.29, 0.717) is 18.5 Å². The molecule has 1 amide bonds. The minimum Gasteiger partial charge on any atom is -0.459 e. The minimum absolute atomic E-state index is 0.102. The average molecular weight is 265 g/mol. The van der Waals surface area contributed by atoms with Gasteiger partial charge in [-0.05, 0) is 50.5 Å². The summed E-state index contributed by atoms with van der Waals surface area (Å²) in [5.41, 5.74) is 1.34. The van der Waals surface area contributed by atoms with Gasteiger partial charge in [-0.1, -0.05) is 0 Å². The van der Waals surface area contributed by atoms with Crippen LogP contribution in [0.2, 0.25) is 0 Å². The number of nitrogens with zero attached hydrogens (tertiary/aromatic N) is 1. The molecule has 1 aromatic rings. The van der Waals surface area contributed by atoms with Gasteiger partial charge in [0.1, 0.15) is 5.82 Å². The van der Waals surface area contributed by atoms with Crippen molar-refractivity contribution in [1.29, 1.82) is 0 Å². The van der Waals surface area contributed by atoms with Gasteiger partial charge >= 0.3 is 11.9 Å². The molecule has 0 radical (unpaired) electrons. The van der Waals surface area contributed by atoms with Crippen LogP contribution < -0.4 is 4.90 Å². The van der Waals surface area contributed by atoms with Gasteiger partial charge in [-0.3, -0.25) is 9.69 Å². The van der Waals surface area contributed by atoms with Crippen molar-refractivity contribution in [2.45, 2.75) is 32.7 Å². The first-order valence-corrected chi connectivity index (χ1v) is 6.33. The maximum Gasteiger partial charge on any atom is 0.397 e. The zero-order chi connectivity index (χ0) is 14.0. The molecule has 0 fully saturated rings. The molecule has 5 heteroatoms. The van der Waals surface area contributed by atoms with Gasteiger partial charge in [0.05, 0.1) is 6.61 Å². The molecule has 0 unspecified atom stereocenters. The molecular weight excluding hydrogens is 249 g/mol. The van der Waals surface area contributed by atoms with Crippen LogP contribution in [0.25, 0.3) is 0 Å². The molecule has 2 rings (SSSR count). The van der Waals surface area contributed by atoms with Gasteiger partial charge in [-0.25, -0.2) is 9.18 Å². The third-order valence-corrected chi connectivity index (χ3v) is 3.24. The first kappa shape index (κ1) is 13.5. The van der Waals surface area contributed by atoms with Crippen LogP contribution in [0.1, 0.15) is 25.8 Å². The molecule has 1 atom stereocenters. The Morgan fingerprint density at radius 3 is 2.89 bits per heavy atom. The maximum atomic E-state index is 13.2. The number of amides is 1. The van der Waals surface area contributed by atoms with Crippen molar-refractivity contribution < 1.29 is 18.7 Å². The quantitative estimate of drug-likeness (QED) is 0.577. The highest BCUT2D eigenvalue weighted by atomic mass is 19.1. The van der Waals surface area contributed by atoms with Gasteiger partial charge in [0.2, 0.25) is 0 Å². The van der Waals surface area contributed by atoms with E-state index in [4.69, 9.17) is 4.74 Å². The van der Waals surface area contributed by atoms with Crippen LogP contribution in [-0.2, 0) is 20.7 Å². The van der Waals surface area contributed by atoms with Gasteiger partial charge in [-0.2, -0.15) is 0 Å². The average Bonchev–Trinajstić information content (AvgIpc) is 2.38. The summed E-state index contributed by atoms with van der Waals surface area (Å²) in [6, 6.07) is 4.14. The third kappa shape index (κ3) is 2.59. The van der Waals surface area contributed by atoms with E-state index in [9.17, 15) is 14.0 Å². The van der Waals surface area contributed by atoms with Crippen LogP contribution in [-0.4, -0.2) is 24.5 Å². The number of rotatable bonds is 1. The van der Waals surface area contributed by atoms with E-state index in [0.717, 1.165) is 5.56 Å². The zero-order valence-electron chi connectivity index (χ0n) is 11.0. The van der Waals surface area contributed by atoms with E-state index in [1.165, 1.54) is 23.1 Å². The Bertz CT molecular complexity index is 515. The largest absolute Gasteiger partial charge is 0.459 e. The second-order valence-corrected chi connectivity index (χ2v) is 4.56. The fourth-order valence-corrected chi connectivity index (χ4v) is 2.32. The number of halogens is 1. The van der Waals surface area contributed by atoms with Crippen molar-refractivity contribution in [1.82, 2.24) is 0 Å². The second-order valence-electron chi connectivity index (χ2n) is 4.56. The molecule has 0 N–H and O–H groups in total. The fraction of sp³-hybridized carbons (Fsp3) is 0.429. The number of fused-ring (bicyclic) bond motifs is 1. The van der Waals surface area contributed by atoms with Crippen molar-refractivity contribution in [2.75, 3.05) is 11.5 Å². The summed E-state index contributed by atoms with van der Waals surface area (Å²) in [5.74, 6) is -1.90. The predicted octanol–water partition coefficient (Wildman–Crippen LogP) is 2.06. The Balaban J connectivity index is 2.35. The molecule has 1 aliphatic heterocycles. The number of carbonyl (C=O) groups is 2. The number of anilines is 1. The molecule has 19 heavy (non-hydrogen) atoms. The molecule has 1 aromatic carbocycles. The van der Waals surface area contributed by atoms with Gasteiger partial charge in [0, 0.05) is 11.7 Å². The SMILES string of the molecule is CCOC(=O)C(=O)N1c2ccc(F)cc2CC[C@@H]1C. The van der Waals surface area contributed by atoms with E-state index in [2.05, 4.69) is 0 Å². The first-order chi connectivity index (χ1) is 9.04. The van der Waals surface area contributed by atoms with Crippen molar-refractivity contribution in [3.8, 4) is 0 Å². The predicted molar refractivity (Wildman–Crippen MR) is 68.3 cm³/mol. The van der Waals surface area contributed by atoms with Gasteiger partial charge in [0.15, 0.2) is 0 Å². The van der Waals surface area contributed by atoms with Gasteiger partial charge < -0.3 is 4.74 Å². The van der Waals surface area contributed by atoms with Crippen molar-refractivity contribution in [2.24, 2.45) is 0 Å². The number of esters is 1. The Hall–Kier alpha value is -1.91. The molecular formula is C14H16FNO3. The molecule has 0 bridgehead atoms. The molecule has 0 saturated heterocycles. The smallest absolute Gasteiger partial charge is 0.397 e. The lowest BCUT2D eigenvalue weighted by molar-refractivity contribution is -0.153. The summed E-state index contributed by atoms with van der Waals surface area (Å²) in [6.07, 6.45) is 1.39. The summed E-state index contributed by atoms with van der Waals surface area (Å²) in [5, 5.41) is 0. The topological polar surface area (TPSA) is 46.6 Å². The van der Waals surface area contributed by atoms with Crippen LogP contribution >= 0.6 is 0 Å². The Morgan fingerprint density at radius 1 is 1.47 bits per heavy atom. The lowest BCUT2D eigenvalue weighted by Crippen LogP contribution is -2.46. The molecule has 0 spiro atoms. The van der Waals surface area contributed by atoms with E-state index in [-0.39, 0.29) is 18.5 Å². The van der Waals surface area contributed by atoms with Crippen molar-refractivity contribution >= 4 is 17.6 Å². The van der Waals surface area contributed by atoms with Crippen LogP contribution in [0.15, 0.2) is 18.2 Å². The highest BCUT2D eigenvalue weighted by molar-refractivity contribution is 6.38. The molecule has 0 saturated carbocycles. The van der Waals surface area contributed by atoms with Gasteiger partial charge in [-0.15, -0.1) is 0 Å². The van der Waals surface area contributed by atoms with Crippen molar-refractivity contribution in [3.05, 3.63) is 29.6 Å². The van der Waals surface area contributed by atoms with Crippen LogP contribution in [0, 0.1) is 5.82 Å². The number of hydrogen-bond acceptors (Lipinski definition) is 3. The third-order valence-electron chi connectivity index (χ3n) is 3.24. The minimum atomic E-state index is -0.869. The van der Waals surface area contributed by atoms with E-state index in [1.807, 2.05) is 6.92 Å². The molecule has 0 aromatic heterocycles. The molecule has 102 valence electrons. The van der Waals surface area contributed by atoms with Crippen molar-refractivity contribution in [3.63, 3.8) is 0 Å². The highest BCUT2D eigenvalue weighted by Crippen LogP contribution is 2.31. The van der Waals surface area contributed by atoms with Crippen LogP contribution in [0.3, 0.4) is 0 Å². The first-order valence-electron chi connectivity index (χ1n) is 6.33. The summed E-state index contributed by atoms with van der Waals surface area (Å²) < 4.78 is 17.9. The summed E-state index contributed by atoms with van der Waals surface area (Å²) >= 11 is 0. The summed E-state index contributed by atoms with van der Waals surface area (Å²) in [4.78, 5) is 25.1. The fourth-order valence-electron chi connectivity index (χ4n) is 2.32. The molecule has 4 nitrogen and oxygen atoms in total. The lowest BCUT2D eigenvalue weighted by atomic mass is 9.96. The normalized spacial score (nSPS) is 17.8. The maximum absolute atomic E-state index is 13.2. The number of hydrogen-bond donors (Lipinski definition) is 0. The number of ether oxygens (including phenoxy) is 1. The van der Waals surface area contributed by atoms with E-state index in [1.54, 1.807) is 6.92 Å². The number of aryl methyl sites for hydroxylation is 1. The van der Waals surface area contributed by atoms with E-state index >= 15 is 0 Å². The second kappa shape index (κ2) is 5.38. The molecule has 1 aliphatic rings. The zero-order valence-corrected chi connectivity index (χ0v) is 11.0. The number of carbonyl (C=O) groups excluding carboxylic acids is 2. The summed E-state index contributed by atoms with van der Waals surface area (Å²) in [6.45, 7) is 3.67. The van der Waals surface area contributed by atoms with Crippen LogP contribution in [0.4, 0.5) is 10.1 Å². The molecule has 1 heterocycles. The van der Waals surface area contributed by atoms with Crippen LogP contribution in [0.5, 0.6) is 0 Å². The van der Waals surface area contributed by atoms with Gasteiger partial charge in [0.25, 0.3) is 0 Å². The lowest BCUT2D eigenvalue weighted by Gasteiger charge is -2.34. The number of benzene rings is 1. The highest BCUT2D eigenvalue weighted by Gasteiger charge is 2.33. The Kier molecular flexibility index (Phi) is 3.83. The standard InChI is InChI=1S/C14H16FNO3/c1-3-19-14(18)13(17)16-9(2)4-5-10-8-11(15)6-7-12(10)16/h6-9H,3-5H2,1-2H3/t9-/m0/s1. The van der Waals surface area contributed by atoms with E-state index < -0.39 is 11.9 Å². The Labute approximate surface area is 111 Å². The monoisotopic (exact) mass is 265 g/mol.